The molecule has 1 unspecified atom stereocenters. The first kappa shape index (κ1) is 16.5. The summed E-state index contributed by atoms with van der Waals surface area (Å²) in [5.74, 6) is 2.55. The summed E-state index contributed by atoms with van der Waals surface area (Å²) in [4.78, 5) is 14.2. The Morgan fingerprint density at radius 2 is 2.12 bits per heavy atom. The zero-order valence-electron chi connectivity index (χ0n) is 14.2. The van der Waals surface area contributed by atoms with Crippen molar-refractivity contribution in [3.05, 3.63) is 41.3 Å². The predicted molar refractivity (Wildman–Crippen MR) is 88.2 cm³/mol. The molecule has 2 heterocycles. The van der Waals surface area contributed by atoms with E-state index in [4.69, 9.17) is 14.0 Å². The smallest absolute Gasteiger partial charge is 0.136 e. The van der Waals surface area contributed by atoms with Gasteiger partial charge >= 0.3 is 0 Å². The minimum absolute atomic E-state index is 0.0597. The van der Waals surface area contributed by atoms with Gasteiger partial charge in [-0.25, -0.2) is 0 Å². The number of likely N-dealkylation sites (tertiary alicyclic amines) is 1. The third-order valence-electron chi connectivity index (χ3n) is 4.39. The number of benzene rings is 1. The van der Waals surface area contributed by atoms with Crippen LogP contribution in [0.4, 0.5) is 0 Å². The van der Waals surface area contributed by atoms with Gasteiger partial charge in [-0.3, -0.25) is 9.69 Å². The molecule has 0 aliphatic carbocycles. The Morgan fingerprint density at radius 3 is 2.79 bits per heavy atom. The maximum Gasteiger partial charge on any atom is 0.136 e. The van der Waals surface area contributed by atoms with Crippen LogP contribution in [0.3, 0.4) is 0 Å². The summed E-state index contributed by atoms with van der Waals surface area (Å²) in [7, 11) is 3.28. The number of carbonyl (C=O) groups excluding carboxylic acids is 1. The van der Waals surface area contributed by atoms with Crippen LogP contribution in [0.5, 0.6) is 11.5 Å². The lowest BCUT2D eigenvalue weighted by Crippen LogP contribution is -2.36. The van der Waals surface area contributed by atoms with Gasteiger partial charge < -0.3 is 14.0 Å². The Labute approximate surface area is 141 Å². The van der Waals surface area contributed by atoms with Crippen LogP contribution in [-0.2, 0) is 11.3 Å². The van der Waals surface area contributed by atoms with Crippen LogP contribution in [0.1, 0.15) is 35.9 Å². The van der Waals surface area contributed by atoms with Crippen molar-refractivity contribution in [1.29, 1.82) is 0 Å². The molecule has 1 atom stereocenters. The number of aromatic nitrogens is 1. The molecule has 2 aromatic rings. The first-order valence-corrected chi connectivity index (χ1v) is 8.00. The largest absolute Gasteiger partial charge is 0.497 e. The van der Waals surface area contributed by atoms with Crippen LogP contribution >= 0.6 is 0 Å². The van der Waals surface area contributed by atoms with Crippen molar-refractivity contribution >= 4 is 5.78 Å². The van der Waals surface area contributed by atoms with Gasteiger partial charge in [-0.05, 0) is 13.0 Å². The number of hydrogen-bond acceptors (Lipinski definition) is 6. The Hall–Kier alpha value is -2.34. The summed E-state index contributed by atoms with van der Waals surface area (Å²) in [6.07, 6.45) is 1.02. The van der Waals surface area contributed by atoms with Crippen molar-refractivity contribution in [2.45, 2.75) is 32.4 Å². The second kappa shape index (κ2) is 7.05. The van der Waals surface area contributed by atoms with E-state index >= 15 is 0 Å². The summed E-state index contributed by atoms with van der Waals surface area (Å²) in [5, 5.41) is 4.12. The second-order valence-corrected chi connectivity index (χ2v) is 6.02. The topological polar surface area (TPSA) is 64.8 Å². The van der Waals surface area contributed by atoms with Crippen molar-refractivity contribution in [3.63, 3.8) is 0 Å². The highest BCUT2D eigenvalue weighted by molar-refractivity contribution is 5.80. The maximum absolute atomic E-state index is 11.9. The first-order chi connectivity index (χ1) is 11.6. The third kappa shape index (κ3) is 3.43. The molecule has 0 N–H and O–H groups in total. The van der Waals surface area contributed by atoms with Gasteiger partial charge in [-0.2, -0.15) is 0 Å². The Kier molecular flexibility index (Phi) is 4.85. The number of ketones is 1. The number of methoxy groups -OCH3 is 2. The lowest BCUT2D eigenvalue weighted by molar-refractivity contribution is -0.123. The normalized spacial score (nSPS) is 18.6. The highest BCUT2D eigenvalue weighted by Crippen LogP contribution is 2.33. The lowest BCUT2D eigenvalue weighted by atomic mass is 9.97. The van der Waals surface area contributed by atoms with E-state index in [2.05, 4.69) is 10.1 Å². The predicted octanol–water partition coefficient (Wildman–Crippen LogP) is 2.91. The van der Waals surface area contributed by atoms with Gasteiger partial charge in [-0.1, -0.05) is 11.2 Å². The Bertz CT molecular complexity index is 726. The van der Waals surface area contributed by atoms with E-state index in [1.807, 2.05) is 31.2 Å². The third-order valence-corrected chi connectivity index (χ3v) is 4.39. The van der Waals surface area contributed by atoms with E-state index < -0.39 is 0 Å². The van der Waals surface area contributed by atoms with Crippen LogP contribution in [-0.4, -0.2) is 36.6 Å². The molecule has 0 radical (unpaired) electrons. The van der Waals surface area contributed by atoms with E-state index in [0.29, 0.717) is 25.9 Å². The zero-order valence-corrected chi connectivity index (χ0v) is 14.2. The van der Waals surface area contributed by atoms with Gasteiger partial charge in [0.1, 0.15) is 28.7 Å². The standard InChI is InChI=1S/C18H22N2O4/c1-12-8-16(19-24-12)17-9-14(21)6-7-20(17)11-13-4-5-15(22-2)10-18(13)23-3/h4-5,8,10,17H,6-7,9,11H2,1-3H3. The minimum Gasteiger partial charge on any atom is -0.497 e. The number of ether oxygens (including phenoxy) is 2. The molecular weight excluding hydrogens is 308 g/mol. The summed E-state index contributed by atoms with van der Waals surface area (Å²) >= 11 is 0. The first-order valence-electron chi connectivity index (χ1n) is 8.00. The molecule has 1 aromatic heterocycles. The molecule has 0 saturated carbocycles. The molecule has 6 nitrogen and oxygen atoms in total. The monoisotopic (exact) mass is 330 g/mol. The van der Waals surface area contributed by atoms with Gasteiger partial charge in [0.05, 0.1) is 20.3 Å². The fourth-order valence-electron chi connectivity index (χ4n) is 3.10. The molecule has 0 spiro atoms. The molecule has 1 aliphatic rings. The maximum atomic E-state index is 11.9. The molecule has 1 fully saturated rings. The Morgan fingerprint density at radius 1 is 1.29 bits per heavy atom. The highest BCUT2D eigenvalue weighted by Gasteiger charge is 2.31. The number of aryl methyl sites for hydroxylation is 1. The van der Waals surface area contributed by atoms with E-state index in [1.54, 1.807) is 14.2 Å². The highest BCUT2D eigenvalue weighted by atomic mass is 16.5. The fourth-order valence-corrected chi connectivity index (χ4v) is 3.10. The minimum atomic E-state index is -0.0597. The van der Waals surface area contributed by atoms with Gasteiger partial charge in [0.25, 0.3) is 0 Å². The SMILES string of the molecule is COc1ccc(CN2CCC(=O)CC2c2cc(C)on2)c(OC)c1. The number of carbonyl (C=O) groups is 1. The Balaban J connectivity index is 1.85. The van der Waals surface area contributed by atoms with Gasteiger partial charge in [0.15, 0.2) is 0 Å². The van der Waals surface area contributed by atoms with E-state index in [-0.39, 0.29) is 11.8 Å². The quantitative estimate of drug-likeness (QED) is 0.840. The lowest BCUT2D eigenvalue weighted by Gasteiger charge is -2.34. The van der Waals surface area contributed by atoms with Crippen molar-refractivity contribution in [2.75, 3.05) is 20.8 Å². The van der Waals surface area contributed by atoms with Crippen molar-refractivity contribution in [1.82, 2.24) is 10.1 Å². The van der Waals surface area contributed by atoms with Gasteiger partial charge in [0.2, 0.25) is 0 Å². The van der Waals surface area contributed by atoms with Crippen molar-refractivity contribution < 1.29 is 18.8 Å². The summed E-state index contributed by atoms with van der Waals surface area (Å²) in [5.41, 5.74) is 1.87. The van der Waals surface area contributed by atoms with Gasteiger partial charge in [-0.15, -0.1) is 0 Å². The number of hydrogen-bond donors (Lipinski definition) is 0. The molecule has 6 heteroatoms. The van der Waals surface area contributed by atoms with Gasteiger partial charge in [0, 0.05) is 43.6 Å². The molecule has 0 amide bonds. The van der Waals surface area contributed by atoms with Crippen molar-refractivity contribution in [3.8, 4) is 11.5 Å². The summed E-state index contributed by atoms with van der Waals surface area (Å²) in [6.45, 7) is 3.24. The van der Waals surface area contributed by atoms with E-state index in [1.165, 1.54) is 0 Å². The zero-order chi connectivity index (χ0) is 17.1. The van der Waals surface area contributed by atoms with Crippen LogP contribution in [0.2, 0.25) is 0 Å². The van der Waals surface area contributed by atoms with Crippen LogP contribution < -0.4 is 9.47 Å². The number of Topliss-reactive ketones (excluding diaryl/α,β-unsaturated/α-hetero) is 1. The van der Waals surface area contributed by atoms with Crippen LogP contribution in [0.25, 0.3) is 0 Å². The number of nitrogens with zero attached hydrogens (tertiary/aromatic N) is 2. The second-order valence-electron chi connectivity index (χ2n) is 6.02. The summed E-state index contributed by atoms with van der Waals surface area (Å²) < 4.78 is 15.9. The number of rotatable bonds is 5. The van der Waals surface area contributed by atoms with E-state index in [0.717, 1.165) is 28.5 Å². The molecule has 24 heavy (non-hydrogen) atoms. The number of piperidine rings is 1. The fraction of sp³-hybridized carbons (Fsp3) is 0.444. The molecule has 1 saturated heterocycles. The van der Waals surface area contributed by atoms with Crippen LogP contribution in [0.15, 0.2) is 28.8 Å². The molecule has 3 rings (SSSR count). The molecular formula is C18H22N2O4. The average molecular weight is 330 g/mol. The van der Waals surface area contributed by atoms with Crippen molar-refractivity contribution in [2.24, 2.45) is 0 Å². The van der Waals surface area contributed by atoms with E-state index in [9.17, 15) is 4.79 Å². The molecule has 128 valence electrons. The molecule has 0 bridgehead atoms. The average Bonchev–Trinajstić information content (AvgIpc) is 3.03. The molecule has 1 aromatic carbocycles. The molecule has 1 aliphatic heterocycles. The summed E-state index contributed by atoms with van der Waals surface area (Å²) in [6, 6.07) is 7.64. The van der Waals surface area contributed by atoms with Crippen LogP contribution in [0, 0.1) is 6.92 Å².